The number of aryl methyl sites for hydroxylation is 1. The number of nitrogens with one attached hydrogen (secondary N) is 2. The van der Waals surface area contributed by atoms with Gasteiger partial charge in [0.15, 0.2) is 5.82 Å². The largest absolute Gasteiger partial charge is 0.354 e. The summed E-state index contributed by atoms with van der Waals surface area (Å²) >= 11 is 0. The van der Waals surface area contributed by atoms with E-state index in [1.165, 1.54) is 6.42 Å². The van der Waals surface area contributed by atoms with E-state index in [4.69, 9.17) is 0 Å². The number of fused-ring (bicyclic) bond motifs is 1. The molecule has 0 radical (unpaired) electrons. The number of hydrogen-bond acceptors (Lipinski definition) is 3. The third-order valence-corrected chi connectivity index (χ3v) is 3.78. The van der Waals surface area contributed by atoms with Crippen LogP contribution in [0.15, 0.2) is 12.1 Å². The Morgan fingerprint density at radius 2 is 2.00 bits per heavy atom. The Labute approximate surface area is 101 Å². The Bertz CT molecular complexity index is 464. The summed E-state index contributed by atoms with van der Waals surface area (Å²) in [5.74, 6) is 0.932. The summed E-state index contributed by atoms with van der Waals surface area (Å²) in [6, 6.07) is 3.83. The summed E-state index contributed by atoms with van der Waals surface area (Å²) in [7, 11) is 0. The minimum Gasteiger partial charge on any atom is -0.354 e. The fourth-order valence-corrected chi connectivity index (χ4v) is 2.79. The highest BCUT2D eigenvalue weighted by Gasteiger charge is 2.43. The zero-order chi connectivity index (χ0) is 11.9. The van der Waals surface area contributed by atoms with Crippen molar-refractivity contribution in [1.82, 2.24) is 4.98 Å². The molecule has 0 unspecified atom stereocenters. The van der Waals surface area contributed by atoms with E-state index in [1.54, 1.807) is 0 Å². The molecular weight excluding hydrogens is 214 g/mol. The number of hydrogen-bond donors (Lipinski definition) is 2. The van der Waals surface area contributed by atoms with Gasteiger partial charge in [-0.25, -0.2) is 4.98 Å². The van der Waals surface area contributed by atoms with Crippen molar-refractivity contribution in [2.24, 2.45) is 0 Å². The van der Waals surface area contributed by atoms with Gasteiger partial charge >= 0.3 is 0 Å². The molecule has 1 saturated carbocycles. The normalized spacial score (nSPS) is 21.6. The standard InChI is InChI=1S/C13H17N3O/c1-9-5-6-10-11(14-9)16-13(12(17)15-10)7-3-2-4-8-13/h5-6H,2-4,7-8H2,1H3,(H,14,16)(H,15,17). The second-order valence-electron chi connectivity index (χ2n) is 5.07. The Balaban J connectivity index is 1.98. The molecule has 1 amide bonds. The lowest BCUT2D eigenvalue weighted by Gasteiger charge is -2.40. The van der Waals surface area contributed by atoms with Crippen molar-refractivity contribution in [2.45, 2.75) is 44.6 Å². The van der Waals surface area contributed by atoms with E-state index in [0.717, 1.165) is 42.9 Å². The molecule has 1 fully saturated rings. The van der Waals surface area contributed by atoms with Crippen molar-refractivity contribution in [3.8, 4) is 0 Å². The third-order valence-electron chi connectivity index (χ3n) is 3.78. The molecular formula is C13H17N3O. The zero-order valence-electron chi connectivity index (χ0n) is 10.0. The van der Waals surface area contributed by atoms with E-state index < -0.39 is 5.54 Å². The third kappa shape index (κ3) is 1.68. The van der Waals surface area contributed by atoms with Gasteiger partial charge in [0.1, 0.15) is 5.54 Å². The molecule has 4 heteroatoms. The SMILES string of the molecule is Cc1ccc2c(n1)NC1(CCCCC1)C(=O)N2. The van der Waals surface area contributed by atoms with Gasteiger partial charge in [-0.1, -0.05) is 19.3 Å². The number of aromatic nitrogens is 1. The van der Waals surface area contributed by atoms with Gasteiger partial charge in [-0.3, -0.25) is 4.79 Å². The van der Waals surface area contributed by atoms with E-state index >= 15 is 0 Å². The molecule has 4 nitrogen and oxygen atoms in total. The van der Waals surface area contributed by atoms with Crippen molar-refractivity contribution in [3.63, 3.8) is 0 Å². The van der Waals surface area contributed by atoms with Crippen LogP contribution >= 0.6 is 0 Å². The Morgan fingerprint density at radius 3 is 2.76 bits per heavy atom. The lowest BCUT2D eigenvalue weighted by molar-refractivity contribution is -0.121. The molecule has 2 heterocycles. The van der Waals surface area contributed by atoms with Crippen LogP contribution in [0.3, 0.4) is 0 Å². The quantitative estimate of drug-likeness (QED) is 0.721. The lowest BCUT2D eigenvalue weighted by atomic mass is 9.80. The van der Waals surface area contributed by atoms with Gasteiger partial charge in [-0.2, -0.15) is 0 Å². The van der Waals surface area contributed by atoms with E-state index in [2.05, 4.69) is 15.6 Å². The highest BCUT2D eigenvalue weighted by atomic mass is 16.2. The first kappa shape index (κ1) is 10.6. The highest BCUT2D eigenvalue weighted by Crippen LogP contribution is 2.37. The molecule has 2 N–H and O–H groups in total. The van der Waals surface area contributed by atoms with Crippen molar-refractivity contribution >= 4 is 17.4 Å². The molecule has 1 aliphatic carbocycles. The fraction of sp³-hybridized carbons (Fsp3) is 0.538. The fourth-order valence-electron chi connectivity index (χ4n) is 2.79. The maximum absolute atomic E-state index is 12.2. The number of nitrogens with zero attached hydrogens (tertiary/aromatic N) is 1. The Hall–Kier alpha value is -1.58. The molecule has 1 spiro atoms. The number of rotatable bonds is 0. The van der Waals surface area contributed by atoms with Gasteiger partial charge in [-0.05, 0) is 31.9 Å². The number of amides is 1. The van der Waals surface area contributed by atoms with Crippen LogP contribution in [0.25, 0.3) is 0 Å². The van der Waals surface area contributed by atoms with Gasteiger partial charge in [0.25, 0.3) is 0 Å². The first-order valence-corrected chi connectivity index (χ1v) is 6.27. The molecule has 1 aromatic rings. The average Bonchev–Trinajstić information content (AvgIpc) is 2.32. The summed E-state index contributed by atoms with van der Waals surface area (Å²) in [5.41, 5.74) is 1.36. The van der Waals surface area contributed by atoms with Crippen LogP contribution in [0.4, 0.5) is 11.5 Å². The van der Waals surface area contributed by atoms with Gasteiger partial charge < -0.3 is 10.6 Å². The molecule has 0 saturated heterocycles. The average molecular weight is 231 g/mol. The number of anilines is 2. The maximum atomic E-state index is 12.2. The van der Waals surface area contributed by atoms with E-state index in [-0.39, 0.29) is 5.91 Å². The van der Waals surface area contributed by atoms with E-state index in [9.17, 15) is 4.79 Å². The monoisotopic (exact) mass is 231 g/mol. The second-order valence-corrected chi connectivity index (χ2v) is 5.07. The number of carbonyl (C=O) groups excluding carboxylic acids is 1. The first-order valence-electron chi connectivity index (χ1n) is 6.27. The van der Waals surface area contributed by atoms with Crippen molar-refractivity contribution in [1.29, 1.82) is 0 Å². The molecule has 0 aromatic carbocycles. The van der Waals surface area contributed by atoms with Crippen LogP contribution in [-0.4, -0.2) is 16.4 Å². The summed E-state index contributed by atoms with van der Waals surface area (Å²) < 4.78 is 0. The summed E-state index contributed by atoms with van der Waals surface area (Å²) in [4.78, 5) is 16.7. The lowest BCUT2D eigenvalue weighted by Crippen LogP contribution is -2.53. The molecule has 1 aromatic heterocycles. The van der Waals surface area contributed by atoms with Crippen LogP contribution in [0.1, 0.15) is 37.8 Å². The summed E-state index contributed by atoms with van der Waals surface area (Å²) in [5, 5.41) is 6.36. The predicted octanol–water partition coefficient (Wildman–Crippen LogP) is 2.46. The summed E-state index contributed by atoms with van der Waals surface area (Å²) in [6.45, 7) is 1.96. The predicted molar refractivity (Wildman–Crippen MR) is 67.0 cm³/mol. The van der Waals surface area contributed by atoms with Crippen LogP contribution in [0.2, 0.25) is 0 Å². The topological polar surface area (TPSA) is 54.0 Å². The zero-order valence-corrected chi connectivity index (χ0v) is 10.0. The van der Waals surface area contributed by atoms with Gasteiger partial charge in [0.2, 0.25) is 5.91 Å². The van der Waals surface area contributed by atoms with Crippen molar-refractivity contribution < 1.29 is 4.79 Å². The van der Waals surface area contributed by atoms with E-state index in [1.807, 2.05) is 19.1 Å². The molecule has 90 valence electrons. The minimum atomic E-state index is -0.411. The molecule has 1 aliphatic heterocycles. The number of carbonyl (C=O) groups is 1. The first-order chi connectivity index (χ1) is 8.20. The van der Waals surface area contributed by atoms with Crippen LogP contribution in [-0.2, 0) is 4.79 Å². The molecule has 17 heavy (non-hydrogen) atoms. The van der Waals surface area contributed by atoms with Gasteiger partial charge in [0.05, 0.1) is 5.69 Å². The molecule has 3 rings (SSSR count). The van der Waals surface area contributed by atoms with Crippen LogP contribution in [0.5, 0.6) is 0 Å². The summed E-state index contributed by atoms with van der Waals surface area (Å²) in [6.07, 6.45) is 5.27. The number of pyridine rings is 1. The highest BCUT2D eigenvalue weighted by molar-refractivity contribution is 6.05. The Kier molecular flexibility index (Phi) is 2.31. The van der Waals surface area contributed by atoms with Crippen molar-refractivity contribution in [3.05, 3.63) is 17.8 Å². The molecule has 2 aliphatic rings. The van der Waals surface area contributed by atoms with Crippen LogP contribution < -0.4 is 10.6 Å². The van der Waals surface area contributed by atoms with E-state index in [0.29, 0.717) is 0 Å². The maximum Gasteiger partial charge on any atom is 0.250 e. The van der Waals surface area contributed by atoms with Crippen molar-refractivity contribution in [2.75, 3.05) is 10.6 Å². The van der Waals surface area contributed by atoms with Crippen LogP contribution in [0, 0.1) is 6.92 Å². The Morgan fingerprint density at radius 1 is 1.24 bits per heavy atom. The second kappa shape index (κ2) is 3.72. The van der Waals surface area contributed by atoms with Gasteiger partial charge in [0, 0.05) is 5.69 Å². The molecule has 0 atom stereocenters. The minimum absolute atomic E-state index is 0.107. The molecule has 0 bridgehead atoms. The smallest absolute Gasteiger partial charge is 0.250 e. The van der Waals surface area contributed by atoms with Gasteiger partial charge in [-0.15, -0.1) is 0 Å².